The lowest BCUT2D eigenvalue weighted by Gasteiger charge is -2.35. The van der Waals surface area contributed by atoms with Gasteiger partial charge in [0, 0.05) is 11.8 Å². The Hall–Kier alpha value is -0.130. The molecule has 0 radical (unpaired) electrons. The Balaban J connectivity index is 2.36. The van der Waals surface area contributed by atoms with Crippen molar-refractivity contribution in [1.82, 2.24) is 5.43 Å². The lowest BCUT2D eigenvalue weighted by molar-refractivity contribution is 0.184. The monoisotopic (exact) mass is 304 g/mol. The van der Waals surface area contributed by atoms with E-state index >= 15 is 0 Å². The predicted molar refractivity (Wildman–Crippen MR) is 85.0 cm³/mol. The average Bonchev–Trinajstić information content (AvgIpc) is 2.44. The van der Waals surface area contributed by atoms with Crippen LogP contribution in [0.3, 0.4) is 0 Å². The van der Waals surface area contributed by atoms with Gasteiger partial charge in [0.1, 0.15) is 9.84 Å². The fraction of sp³-hybridized carbons (Fsp3) is 1.00. The molecule has 0 aromatic rings. The lowest BCUT2D eigenvalue weighted by atomic mass is 9.74. The van der Waals surface area contributed by atoms with Crippen molar-refractivity contribution in [2.75, 3.05) is 11.5 Å². The maximum absolute atomic E-state index is 11.5. The van der Waals surface area contributed by atoms with Gasteiger partial charge in [-0.3, -0.25) is 11.3 Å². The highest BCUT2D eigenvalue weighted by atomic mass is 32.2. The van der Waals surface area contributed by atoms with Crippen molar-refractivity contribution in [3.63, 3.8) is 0 Å². The van der Waals surface area contributed by atoms with E-state index in [-0.39, 0.29) is 11.8 Å². The molecule has 0 aromatic carbocycles. The number of nitrogens with two attached hydrogens (primary N) is 1. The van der Waals surface area contributed by atoms with E-state index in [2.05, 4.69) is 19.3 Å². The van der Waals surface area contributed by atoms with E-state index in [1.54, 1.807) is 6.92 Å². The van der Waals surface area contributed by atoms with Crippen molar-refractivity contribution in [3.8, 4) is 0 Å². The van der Waals surface area contributed by atoms with E-state index in [1.165, 1.54) is 25.7 Å². The predicted octanol–water partition coefficient (Wildman–Crippen LogP) is 2.50. The van der Waals surface area contributed by atoms with Crippen molar-refractivity contribution in [2.45, 2.75) is 65.3 Å². The molecular formula is C15H32N2O2S. The number of hydrazine groups is 1. The molecule has 4 nitrogen and oxygen atoms in total. The third kappa shape index (κ3) is 5.70. The molecule has 0 aliphatic heterocycles. The van der Waals surface area contributed by atoms with Crippen LogP contribution < -0.4 is 11.3 Å². The first-order valence-electron chi connectivity index (χ1n) is 8.06. The Morgan fingerprint density at radius 1 is 1.15 bits per heavy atom. The van der Waals surface area contributed by atoms with Gasteiger partial charge >= 0.3 is 0 Å². The third-order valence-electron chi connectivity index (χ3n) is 4.95. The van der Waals surface area contributed by atoms with Crippen LogP contribution in [0.4, 0.5) is 0 Å². The number of nitrogens with one attached hydrogen (secondary N) is 1. The second-order valence-corrected chi connectivity index (χ2v) is 9.04. The second-order valence-electron chi connectivity index (χ2n) is 6.57. The maximum atomic E-state index is 11.5. The molecule has 120 valence electrons. The highest BCUT2D eigenvalue weighted by Crippen LogP contribution is 2.35. The zero-order valence-corrected chi connectivity index (χ0v) is 14.1. The fourth-order valence-corrected chi connectivity index (χ4v) is 4.23. The number of hydrogen-bond donors (Lipinski definition) is 2. The lowest BCUT2D eigenvalue weighted by Crippen LogP contribution is -2.42. The van der Waals surface area contributed by atoms with E-state index in [9.17, 15) is 8.42 Å². The van der Waals surface area contributed by atoms with Crippen LogP contribution in [-0.2, 0) is 9.84 Å². The van der Waals surface area contributed by atoms with Gasteiger partial charge in [0.05, 0.1) is 5.75 Å². The molecule has 1 rings (SSSR count). The van der Waals surface area contributed by atoms with E-state index in [4.69, 9.17) is 5.84 Å². The summed E-state index contributed by atoms with van der Waals surface area (Å²) in [6.07, 6.45) is 6.60. The Morgan fingerprint density at radius 3 is 2.15 bits per heavy atom. The van der Waals surface area contributed by atoms with E-state index in [0.29, 0.717) is 11.7 Å². The van der Waals surface area contributed by atoms with Crippen molar-refractivity contribution < 1.29 is 8.42 Å². The summed E-state index contributed by atoms with van der Waals surface area (Å²) < 4.78 is 23.0. The molecule has 1 unspecified atom stereocenters. The van der Waals surface area contributed by atoms with Crippen molar-refractivity contribution >= 4 is 9.84 Å². The Labute approximate surface area is 124 Å². The SMILES string of the molecule is CCS(=O)(=O)CCCC(NN)C1CCC(C(C)C)CC1. The third-order valence-corrected chi connectivity index (χ3v) is 6.74. The number of rotatable bonds is 8. The maximum Gasteiger partial charge on any atom is 0.150 e. The van der Waals surface area contributed by atoms with Crippen molar-refractivity contribution in [2.24, 2.45) is 23.6 Å². The van der Waals surface area contributed by atoms with Gasteiger partial charge in [-0.15, -0.1) is 0 Å². The summed E-state index contributed by atoms with van der Waals surface area (Å²) >= 11 is 0. The van der Waals surface area contributed by atoms with Gasteiger partial charge < -0.3 is 0 Å². The average molecular weight is 305 g/mol. The summed E-state index contributed by atoms with van der Waals surface area (Å²) in [6.45, 7) is 6.32. The van der Waals surface area contributed by atoms with Crippen LogP contribution in [0.2, 0.25) is 0 Å². The molecule has 0 heterocycles. The molecule has 3 N–H and O–H groups in total. The van der Waals surface area contributed by atoms with Gasteiger partial charge in [-0.25, -0.2) is 8.42 Å². The van der Waals surface area contributed by atoms with Crippen LogP contribution in [0.1, 0.15) is 59.3 Å². The zero-order valence-electron chi connectivity index (χ0n) is 13.3. The quantitative estimate of drug-likeness (QED) is 0.534. The van der Waals surface area contributed by atoms with Gasteiger partial charge in [0.2, 0.25) is 0 Å². The largest absolute Gasteiger partial charge is 0.271 e. The molecular weight excluding hydrogens is 272 g/mol. The summed E-state index contributed by atoms with van der Waals surface area (Å²) in [7, 11) is -2.84. The second kappa shape index (κ2) is 8.35. The molecule has 1 aliphatic carbocycles. The standard InChI is InChI=1S/C15H32N2O2S/c1-4-20(18,19)11-5-6-15(17-16)14-9-7-13(8-10-14)12(2)3/h12-15,17H,4-11,16H2,1-3H3. The van der Waals surface area contributed by atoms with E-state index in [0.717, 1.165) is 24.7 Å². The molecule has 5 heteroatoms. The van der Waals surface area contributed by atoms with Crippen molar-refractivity contribution in [3.05, 3.63) is 0 Å². The smallest absolute Gasteiger partial charge is 0.150 e. The van der Waals surface area contributed by atoms with Crippen LogP contribution in [0.25, 0.3) is 0 Å². The van der Waals surface area contributed by atoms with Crippen LogP contribution in [0, 0.1) is 17.8 Å². The molecule has 0 saturated heterocycles. The first-order valence-corrected chi connectivity index (χ1v) is 9.88. The number of sulfone groups is 1. The normalized spacial score (nSPS) is 25.9. The summed E-state index contributed by atoms with van der Waals surface area (Å²) in [5.41, 5.74) is 2.93. The first kappa shape index (κ1) is 17.9. The van der Waals surface area contributed by atoms with Crippen molar-refractivity contribution in [1.29, 1.82) is 0 Å². The summed E-state index contributed by atoms with van der Waals surface area (Å²) in [5, 5.41) is 0. The molecule has 1 saturated carbocycles. The van der Waals surface area contributed by atoms with Gasteiger partial charge in [0.25, 0.3) is 0 Å². The molecule has 1 fully saturated rings. The van der Waals surface area contributed by atoms with Crippen LogP contribution in [0.15, 0.2) is 0 Å². The molecule has 0 aromatic heterocycles. The van der Waals surface area contributed by atoms with E-state index < -0.39 is 9.84 Å². The van der Waals surface area contributed by atoms with Gasteiger partial charge in [-0.2, -0.15) is 0 Å². The zero-order chi connectivity index (χ0) is 15.2. The van der Waals surface area contributed by atoms with Gasteiger partial charge in [-0.1, -0.05) is 20.8 Å². The molecule has 1 aliphatic rings. The minimum Gasteiger partial charge on any atom is -0.271 e. The fourth-order valence-electron chi connectivity index (χ4n) is 3.34. The van der Waals surface area contributed by atoms with Crippen LogP contribution in [-0.4, -0.2) is 26.0 Å². The van der Waals surface area contributed by atoms with Gasteiger partial charge in [0.15, 0.2) is 0 Å². The van der Waals surface area contributed by atoms with E-state index in [1.807, 2.05) is 0 Å². The molecule has 1 atom stereocenters. The summed E-state index contributed by atoms with van der Waals surface area (Å²) in [4.78, 5) is 0. The Bertz CT molecular complexity index is 360. The first-order chi connectivity index (χ1) is 9.39. The summed E-state index contributed by atoms with van der Waals surface area (Å²) in [5.74, 6) is 8.45. The topological polar surface area (TPSA) is 72.2 Å². The number of hydrogen-bond acceptors (Lipinski definition) is 4. The minimum atomic E-state index is -2.84. The highest BCUT2D eigenvalue weighted by molar-refractivity contribution is 7.91. The Morgan fingerprint density at radius 2 is 1.70 bits per heavy atom. The van der Waals surface area contributed by atoms with Crippen LogP contribution >= 0.6 is 0 Å². The molecule has 0 bridgehead atoms. The highest BCUT2D eigenvalue weighted by Gasteiger charge is 2.28. The molecule has 20 heavy (non-hydrogen) atoms. The minimum absolute atomic E-state index is 0.243. The molecule has 0 amide bonds. The Kier molecular flexibility index (Phi) is 7.48. The molecule has 0 spiro atoms. The van der Waals surface area contributed by atoms with Crippen LogP contribution in [0.5, 0.6) is 0 Å². The summed E-state index contributed by atoms with van der Waals surface area (Å²) in [6, 6.07) is 0.273. The van der Waals surface area contributed by atoms with Gasteiger partial charge in [-0.05, 0) is 56.3 Å².